The van der Waals surface area contributed by atoms with Crippen LogP contribution in [0.1, 0.15) is 0 Å². The molecular weight excluding hydrogens is 226 g/mol. The normalized spacial score (nSPS) is 10.8. The summed E-state index contributed by atoms with van der Waals surface area (Å²) in [4.78, 5) is 21.2. The van der Waals surface area contributed by atoms with Gasteiger partial charge in [0.2, 0.25) is 0 Å². The van der Waals surface area contributed by atoms with E-state index < -0.39 is 16.8 Å². The van der Waals surface area contributed by atoms with Crippen LogP contribution < -0.4 is 0 Å². The summed E-state index contributed by atoms with van der Waals surface area (Å²) in [6, 6.07) is 0. The molecule has 66 valence electrons. The molecule has 0 fully saturated rings. The van der Waals surface area contributed by atoms with Crippen molar-refractivity contribution in [1.82, 2.24) is 0 Å². The number of hydrogen-bond acceptors (Lipinski definition) is 3. The molecule has 0 aromatic heterocycles. The van der Waals surface area contributed by atoms with Gasteiger partial charge < -0.3 is 4.29 Å². The van der Waals surface area contributed by atoms with Gasteiger partial charge in [0.05, 0.1) is 5.03 Å². The second-order valence-corrected chi connectivity index (χ2v) is 2.64. The second-order valence-electron chi connectivity index (χ2n) is 1.63. The van der Waals surface area contributed by atoms with Crippen LogP contribution in [-0.2, 0) is 13.9 Å². The molecule has 0 N–H and O–H groups in total. The van der Waals surface area contributed by atoms with E-state index in [1.807, 2.05) is 0 Å². The van der Waals surface area contributed by atoms with Gasteiger partial charge in [0.25, 0.3) is 0 Å². The Bertz CT molecular complexity index is 257. The van der Waals surface area contributed by atoms with Crippen LogP contribution in [0.2, 0.25) is 0 Å². The maximum absolute atomic E-state index is 10.7. The standard InChI is InChI=1S/C6H3Cl3O3/c1-3(7)5(10)2-4(8)6(11)12-9/h2H,1H2/b4-2-. The molecule has 0 aromatic carbocycles. The lowest BCUT2D eigenvalue weighted by atomic mass is 10.3. The van der Waals surface area contributed by atoms with E-state index in [0.717, 1.165) is 6.08 Å². The van der Waals surface area contributed by atoms with Crippen LogP contribution in [0.3, 0.4) is 0 Å². The largest absolute Gasteiger partial charge is 0.367 e. The second kappa shape index (κ2) is 5.19. The van der Waals surface area contributed by atoms with E-state index in [9.17, 15) is 9.59 Å². The molecule has 0 spiro atoms. The third kappa shape index (κ3) is 3.76. The molecule has 0 atom stereocenters. The van der Waals surface area contributed by atoms with Crippen molar-refractivity contribution in [1.29, 1.82) is 0 Å². The van der Waals surface area contributed by atoms with E-state index in [2.05, 4.69) is 22.7 Å². The summed E-state index contributed by atoms with van der Waals surface area (Å²) in [6.07, 6.45) is 0.765. The predicted molar refractivity (Wildman–Crippen MR) is 45.9 cm³/mol. The van der Waals surface area contributed by atoms with Gasteiger partial charge in [-0.25, -0.2) is 4.79 Å². The Hall–Kier alpha value is -0.510. The first-order valence-corrected chi connectivity index (χ1v) is 3.64. The molecule has 0 radical (unpaired) electrons. The molecule has 0 aliphatic heterocycles. The molecule has 0 unspecified atom stereocenters. The van der Waals surface area contributed by atoms with Crippen LogP contribution in [-0.4, -0.2) is 11.8 Å². The maximum Gasteiger partial charge on any atom is 0.367 e. The third-order valence-electron chi connectivity index (χ3n) is 0.790. The van der Waals surface area contributed by atoms with E-state index in [1.165, 1.54) is 0 Å². The van der Waals surface area contributed by atoms with Gasteiger partial charge in [-0.05, 0) is 0 Å². The van der Waals surface area contributed by atoms with Gasteiger partial charge in [0.1, 0.15) is 16.9 Å². The van der Waals surface area contributed by atoms with Crippen LogP contribution >= 0.6 is 35.1 Å². The van der Waals surface area contributed by atoms with E-state index in [-0.39, 0.29) is 5.03 Å². The molecule has 0 saturated heterocycles. The molecule has 0 aliphatic carbocycles. The molecule has 0 aliphatic rings. The minimum Gasteiger partial charge on any atom is -0.342 e. The highest BCUT2D eigenvalue weighted by Crippen LogP contribution is 2.09. The van der Waals surface area contributed by atoms with Gasteiger partial charge in [-0.2, -0.15) is 0 Å². The monoisotopic (exact) mass is 228 g/mol. The number of hydrogen-bond donors (Lipinski definition) is 0. The number of carbonyl (C=O) groups is 2. The third-order valence-corrected chi connectivity index (χ3v) is 1.38. The number of halogens is 3. The van der Waals surface area contributed by atoms with Gasteiger partial charge in [-0.3, -0.25) is 4.79 Å². The topological polar surface area (TPSA) is 43.4 Å². The summed E-state index contributed by atoms with van der Waals surface area (Å²) in [5, 5.41) is -0.715. The van der Waals surface area contributed by atoms with Crippen molar-refractivity contribution in [2.75, 3.05) is 0 Å². The fourth-order valence-corrected chi connectivity index (χ4v) is 0.604. The minimum absolute atomic E-state index is 0.254. The van der Waals surface area contributed by atoms with Gasteiger partial charge in [-0.1, -0.05) is 29.8 Å². The summed E-state index contributed by atoms with van der Waals surface area (Å²) in [5.41, 5.74) is 0. The first kappa shape index (κ1) is 11.5. The number of carbonyl (C=O) groups excluding carboxylic acids is 2. The Morgan fingerprint density at radius 3 is 2.17 bits per heavy atom. The fourth-order valence-electron chi connectivity index (χ4n) is 0.289. The number of rotatable bonds is 3. The van der Waals surface area contributed by atoms with Crippen molar-refractivity contribution >= 4 is 46.8 Å². The zero-order chi connectivity index (χ0) is 9.72. The smallest absolute Gasteiger partial charge is 0.342 e. The van der Waals surface area contributed by atoms with Gasteiger partial charge in [0, 0.05) is 6.08 Å². The average Bonchev–Trinajstić information content (AvgIpc) is 2.02. The van der Waals surface area contributed by atoms with Crippen molar-refractivity contribution in [2.45, 2.75) is 0 Å². The molecule has 0 saturated carbocycles. The van der Waals surface area contributed by atoms with E-state index >= 15 is 0 Å². The maximum atomic E-state index is 10.7. The lowest BCUT2D eigenvalue weighted by Gasteiger charge is -1.91. The zero-order valence-corrected chi connectivity index (χ0v) is 7.91. The molecule has 0 bridgehead atoms. The SMILES string of the molecule is C=C(Cl)C(=O)/C=C(\Cl)C(=O)OCl. The summed E-state index contributed by atoms with van der Waals surface area (Å²) in [7, 11) is 0. The lowest BCUT2D eigenvalue weighted by Crippen LogP contribution is -2.00. The molecule has 0 heterocycles. The Labute approximate surface area is 83.7 Å². The Balaban J connectivity index is 4.46. The molecular formula is C6H3Cl3O3. The van der Waals surface area contributed by atoms with Crippen molar-refractivity contribution in [3.63, 3.8) is 0 Å². The van der Waals surface area contributed by atoms with E-state index in [0.29, 0.717) is 0 Å². The van der Waals surface area contributed by atoms with Crippen molar-refractivity contribution in [2.24, 2.45) is 0 Å². The first-order chi connectivity index (χ1) is 5.49. The highest BCUT2D eigenvalue weighted by Gasteiger charge is 2.10. The zero-order valence-electron chi connectivity index (χ0n) is 5.64. The highest BCUT2D eigenvalue weighted by atomic mass is 35.5. The number of ketones is 1. The summed E-state index contributed by atoms with van der Waals surface area (Å²) in [6.45, 7) is 3.12. The summed E-state index contributed by atoms with van der Waals surface area (Å²) >= 11 is 15.1. The van der Waals surface area contributed by atoms with Crippen molar-refractivity contribution in [3.8, 4) is 0 Å². The number of allylic oxidation sites excluding steroid dienone is 2. The molecule has 0 amide bonds. The first-order valence-electron chi connectivity index (χ1n) is 2.58. The van der Waals surface area contributed by atoms with E-state index in [4.69, 9.17) is 23.2 Å². The van der Waals surface area contributed by atoms with Crippen molar-refractivity contribution in [3.05, 3.63) is 22.7 Å². The Morgan fingerprint density at radius 2 is 1.83 bits per heavy atom. The lowest BCUT2D eigenvalue weighted by molar-refractivity contribution is -0.129. The fraction of sp³-hybridized carbons (Fsp3) is 0. The quantitative estimate of drug-likeness (QED) is 0.696. The van der Waals surface area contributed by atoms with Crippen LogP contribution in [0.15, 0.2) is 22.7 Å². The molecule has 0 rings (SSSR count). The molecule has 12 heavy (non-hydrogen) atoms. The highest BCUT2D eigenvalue weighted by molar-refractivity contribution is 6.48. The predicted octanol–water partition coefficient (Wildman–Crippen LogP) is 2.13. The molecule has 6 heteroatoms. The van der Waals surface area contributed by atoms with Gasteiger partial charge >= 0.3 is 5.97 Å². The molecule has 3 nitrogen and oxygen atoms in total. The Kier molecular flexibility index (Phi) is 4.97. The average molecular weight is 229 g/mol. The van der Waals surface area contributed by atoms with Crippen LogP contribution in [0.5, 0.6) is 0 Å². The summed E-state index contributed by atoms with van der Waals surface area (Å²) < 4.78 is 3.70. The van der Waals surface area contributed by atoms with Gasteiger partial charge in [-0.15, -0.1) is 0 Å². The van der Waals surface area contributed by atoms with E-state index in [1.54, 1.807) is 0 Å². The minimum atomic E-state index is -1.02. The Morgan fingerprint density at radius 1 is 1.33 bits per heavy atom. The summed E-state index contributed by atoms with van der Waals surface area (Å²) in [5.74, 6) is -1.70. The van der Waals surface area contributed by atoms with Gasteiger partial charge in [0.15, 0.2) is 5.78 Å². The van der Waals surface area contributed by atoms with Crippen molar-refractivity contribution < 1.29 is 13.9 Å². The molecule has 0 aromatic rings. The van der Waals surface area contributed by atoms with Crippen LogP contribution in [0.25, 0.3) is 0 Å². The van der Waals surface area contributed by atoms with Crippen LogP contribution in [0, 0.1) is 0 Å². The van der Waals surface area contributed by atoms with Crippen LogP contribution in [0.4, 0.5) is 0 Å².